The molecular weight excluding hydrogens is 390 g/mol. The summed E-state index contributed by atoms with van der Waals surface area (Å²) in [5.74, 6) is -0.647. The van der Waals surface area contributed by atoms with E-state index in [1.807, 2.05) is 6.92 Å². The third-order valence-corrected chi connectivity index (χ3v) is 7.20. The van der Waals surface area contributed by atoms with Crippen molar-refractivity contribution < 1.29 is 18.0 Å². The Hall–Kier alpha value is -0.860. The number of sulfonamides is 1. The van der Waals surface area contributed by atoms with Crippen molar-refractivity contribution in [3.05, 3.63) is 0 Å². The van der Waals surface area contributed by atoms with Gasteiger partial charge < -0.3 is 9.80 Å². The molecule has 0 aliphatic carbocycles. The molecule has 9 heteroatoms. The van der Waals surface area contributed by atoms with Crippen molar-refractivity contribution in [3.8, 4) is 0 Å². The second-order valence-electron chi connectivity index (χ2n) is 7.88. The summed E-state index contributed by atoms with van der Waals surface area (Å²) in [6.07, 6.45) is 7.18. The van der Waals surface area contributed by atoms with Gasteiger partial charge in [0.1, 0.15) is 0 Å². The van der Waals surface area contributed by atoms with Crippen molar-refractivity contribution in [2.24, 2.45) is 5.92 Å². The van der Waals surface area contributed by atoms with Crippen LogP contribution in [0.25, 0.3) is 0 Å². The fourth-order valence-corrected chi connectivity index (χ4v) is 6.08. The Morgan fingerprint density at radius 1 is 1.15 bits per heavy atom. The third-order valence-electron chi connectivity index (χ3n) is 6.04. The molecule has 0 aromatic rings. The van der Waals surface area contributed by atoms with Gasteiger partial charge in [-0.2, -0.15) is 0 Å². The van der Waals surface area contributed by atoms with Gasteiger partial charge >= 0.3 is 0 Å². The summed E-state index contributed by atoms with van der Waals surface area (Å²) < 4.78 is 25.3. The van der Waals surface area contributed by atoms with Gasteiger partial charge in [-0.3, -0.25) is 9.59 Å². The Balaban J connectivity index is 0.00000261. The molecule has 3 aliphatic rings. The maximum absolute atomic E-state index is 12.9. The highest BCUT2D eigenvalue weighted by molar-refractivity contribution is 7.88. The van der Waals surface area contributed by atoms with E-state index in [9.17, 15) is 18.0 Å². The Bertz CT molecular complexity index is 651. The van der Waals surface area contributed by atoms with Gasteiger partial charge in [-0.05, 0) is 38.8 Å². The number of rotatable bonds is 6. The first-order valence-corrected chi connectivity index (χ1v) is 11.7. The maximum Gasteiger partial charge on any atom is 0.241 e. The van der Waals surface area contributed by atoms with Crippen molar-refractivity contribution in [2.45, 2.75) is 64.0 Å². The smallest absolute Gasteiger partial charge is 0.241 e. The Labute approximate surface area is 168 Å². The third kappa shape index (κ3) is 4.59. The maximum atomic E-state index is 12.9. The van der Waals surface area contributed by atoms with Crippen LogP contribution in [-0.4, -0.2) is 78.9 Å². The van der Waals surface area contributed by atoms with Gasteiger partial charge in [-0.15, -0.1) is 12.4 Å². The van der Waals surface area contributed by atoms with Gasteiger partial charge in [0.25, 0.3) is 0 Å². The molecule has 156 valence electrons. The van der Waals surface area contributed by atoms with E-state index < -0.39 is 10.0 Å². The van der Waals surface area contributed by atoms with Crippen LogP contribution in [0, 0.1) is 5.92 Å². The van der Waals surface area contributed by atoms with Crippen molar-refractivity contribution in [2.75, 3.05) is 32.4 Å². The number of hydrogen-bond donors (Lipinski definition) is 0. The molecule has 3 aliphatic heterocycles. The molecule has 7 nitrogen and oxygen atoms in total. The number of piperidine rings is 1. The molecule has 0 unspecified atom stereocenters. The van der Waals surface area contributed by atoms with E-state index >= 15 is 0 Å². The van der Waals surface area contributed by atoms with Crippen LogP contribution in [0.15, 0.2) is 0 Å². The van der Waals surface area contributed by atoms with E-state index in [-0.39, 0.29) is 42.2 Å². The van der Waals surface area contributed by atoms with E-state index in [1.54, 1.807) is 4.90 Å². The molecule has 3 heterocycles. The Kier molecular flexibility index (Phi) is 7.55. The minimum absolute atomic E-state index is 0. The first-order chi connectivity index (χ1) is 12.3. The van der Waals surface area contributed by atoms with Crippen molar-refractivity contribution in [3.63, 3.8) is 0 Å². The topological polar surface area (TPSA) is 78.0 Å². The van der Waals surface area contributed by atoms with Gasteiger partial charge in [-0.25, -0.2) is 12.7 Å². The highest BCUT2D eigenvalue weighted by Gasteiger charge is 2.56. The zero-order valence-electron chi connectivity index (χ0n) is 16.3. The summed E-state index contributed by atoms with van der Waals surface area (Å²) in [6.45, 7) is 5.40. The second-order valence-corrected chi connectivity index (χ2v) is 9.74. The van der Waals surface area contributed by atoms with Crippen LogP contribution in [0.5, 0.6) is 0 Å². The van der Waals surface area contributed by atoms with Gasteiger partial charge in [0, 0.05) is 19.5 Å². The predicted molar refractivity (Wildman–Crippen MR) is 106 cm³/mol. The molecule has 0 radical (unpaired) electrons. The van der Waals surface area contributed by atoms with E-state index in [2.05, 4.69) is 4.90 Å². The summed E-state index contributed by atoms with van der Waals surface area (Å²) in [4.78, 5) is 29.7. The van der Waals surface area contributed by atoms with E-state index in [0.717, 1.165) is 36.6 Å². The van der Waals surface area contributed by atoms with Crippen LogP contribution in [0.3, 0.4) is 0 Å². The quantitative estimate of drug-likeness (QED) is 0.649. The molecule has 0 aromatic carbocycles. The minimum atomic E-state index is -3.60. The van der Waals surface area contributed by atoms with Gasteiger partial charge in [-0.1, -0.05) is 19.8 Å². The van der Waals surface area contributed by atoms with Crippen LogP contribution >= 0.6 is 12.4 Å². The molecular formula is C18H32ClN3O4S. The lowest BCUT2D eigenvalue weighted by Gasteiger charge is -2.30. The molecule has 0 bridgehead atoms. The van der Waals surface area contributed by atoms with Crippen LogP contribution in [0.2, 0.25) is 0 Å². The number of likely N-dealkylation sites (tertiary alicyclic amines) is 2. The van der Waals surface area contributed by atoms with E-state index in [4.69, 9.17) is 0 Å². The number of amides is 2. The number of carbonyl (C=O) groups excluding carboxylic acids is 2. The van der Waals surface area contributed by atoms with Crippen molar-refractivity contribution >= 4 is 34.2 Å². The highest BCUT2D eigenvalue weighted by Crippen LogP contribution is 2.40. The fourth-order valence-electron chi connectivity index (χ4n) is 4.90. The molecule has 0 N–H and O–H groups in total. The molecule has 3 saturated heterocycles. The van der Waals surface area contributed by atoms with Crippen molar-refractivity contribution in [1.29, 1.82) is 0 Å². The standard InChI is InChI=1S/C18H31N3O4S.ClH/c1-3-7-14-17-15(21(18(14)23)26(2,24)25)8-13-20(17)16(22)9-12-19-10-5-4-6-11-19;/h14-15,17H,3-13H2,1-2H3;1H/t14-,15+,17-;/m0./s1. The predicted octanol–water partition coefficient (Wildman–Crippen LogP) is 1.47. The van der Waals surface area contributed by atoms with E-state index in [0.29, 0.717) is 25.8 Å². The van der Waals surface area contributed by atoms with Gasteiger partial charge in [0.2, 0.25) is 21.8 Å². The normalized spacial score (nSPS) is 29.0. The molecule has 0 aromatic heterocycles. The molecule has 0 spiro atoms. The molecule has 3 rings (SSSR count). The zero-order chi connectivity index (χ0) is 18.9. The summed E-state index contributed by atoms with van der Waals surface area (Å²) in [5.41, 5.74) is 0. The number of hydrogen-bond acceptors (Lipinski definition) is 5. The monoisotopic (exact) mass is 421 g/mol. The SMILES string of the molecule is CCC[C@@H]1C(=O)N(S(C)(=O)=O)[C@@H]2CCN(C(=O)CCN3CCCCC3)[C@@H]12.Cl. The van der Waals surface area contributed by atoms with Gasteiger partial charge in [0.15, 0.2) is 0 Å². The highest BCUT2D eigenvalue weighted by atomic mass is 35.5. The lowest BCUT2D eigenvalue weighted by atomic mass is 9.94. The largest absolute Gasteiger partial charge is 0.337 e. The lowest BCUT2D eigenvalue weighted by Crippen LogP contribution is -2.44. The molecule has 3 fully saturated rings. The van der Waals surface area contributed by atoms with Crippen LogP contribution in [0.1, 0.15) is 51.9 Å². The first kappa shape index (κ1) is 22.4. The fraction of sp³-hybridized carbons (Fsp3) is 0.889. The number of nitrogens with zero attached hydrogens (tertiary/aromatic N) is 3. The number of halogens is 1. The lowest BCUT2D eigenvalue weighted by molar-refractivity contribution is -0.134. The summed E-state index contributed by atoms with van der Waals surface area (Å²) >= 11 is 0. The first-order valence-electron chi connectivity index (χ1n) is 9.89. The molecule has 3 atom stereocenters. The summed E-state index contributed by atoms with van der Waals surface area (Å²) in [7, 11) is -3.60. The zero-order valence-corrected chi connectivity index (χ0v) is 17.9. The number of carbonyl (C=O) groups is 2. The van der Waals surface area contributed by atoms with Crippen LogP contribution < -0.4 is 0 Å². The van der Waals surface area contributed by atoms with Crippen LogP contribution in [-0.2, 0) is 19.6 Å². The average Bonchev–Trinajstić information content (AvgIpc) is 3.12. The van der Waals surface area contributed by atoms with Crippen molar-refractivity contribution in [1.82, 2.24) is 14.1 Å². The molecule has 2 amide bonds. The van der Waals surface area contributed by atoms with Gasteiger partial charge in [0.05, 0.1) is 24.3 Å². The molecule has 27 heavy (non-hydrogen) atoms. The second kappa shape index (κ2) is 9.09. The number of fused-ring (bicyclic) bond motifs is 1. The Morgan fingerprint density at radius 2 is 1.81 bits per heavy atom. The van der Waals surface area contributed by atoms with E-state index in [1.165, 1.54) is 19.3 Å². The minimum Gasteiger partial charge on any atom is -0.337 e. The summed E-state index contributed by atoms with van der Waals surface area (Å²) in [5, 5.41) is 0. The average molecular weight is 422 g/mol. The summed E-state index contributed by atoms with van der Waals surface area (Å²) in [6, 6.07) is -0.668. The Morgan fingerprint density at radius 3 is 2.41 bits per heavy atom. The molecule has 0 saturated carbocycles. The van der Waals surface area contributed by atoms with Crippen LogP contribution in [0.4, 0.5) is 0 Å².